The van der Waals surface area contributed by atoms with Crippen LogP contribution in [0, 0.1) is 0 Å². The fourth-order valence-corrected chi connectivity index (χ4v) is 3.21. The Morgan fingerprint density at radius 3 is 2.52 bits per heavy atom. The van der Waals surface area contributed by atoms with Crippen LogP contribution in [-0.2, 0) is 0 Å². The normalized spacial score (nSPS) is 18.1. The molecule has 0 N–H and O–H groups in total. The summed E-state index contributed by atoms with van der Waals surface area (Å²) in [6.07, 6.45) is 9.13. The predicted octanol–water partition coefficient (Wildman–Crippen LogP) is 1.71. The number of aromatic nitrogens is 3. The van der Waals surface area contributed by atoms with Crippen LogP contribution < -0.4 is 4.90 Å². The number of anilines is 1. The topological polar surface area (TPSA) is 62.2 Å². The van der Waals surface area contributed by atoms with Crippen LogP contribution in [0.2, 0.25) is 0 Å². The van der Waals surface area contributed by atoms with Gasteiger partial charge in [0.25, 0.3) is 5.91 Å². The maximum absolute atomic E-state index is 12.4. The van der Waals surface area contributed by atoms with E-state index in [2.05, 4.69) is 32.0 Å². The fraction of sp³-hybridized carbons (Fsp3) is 0.412. The number of hydrogen-bond donors (Lipinski definition) is 0. The molecule has 6 nitrogen and oxygen atoms in total. The van der Waals surface area contributed by atoms with Gasteiger partial charge in [0.15, 0.2) is 0 Å². The highest BCUT2D eigenvalue weighted by Crippen LogP contribution is 2.30. The van der Waals surface area contributed by atoms with Crippen molar-refractivity contribution in [3.8, 4) is 0 Å². The van der Waals surface area contributed by atoms with Gasteiger partial charge in [-0.25, -0.2) is 4.98 Å². The van der Waals surface area contributed by atoms with E-state index >= 15 is 0 Å². The molecule has 0 atom stereocenters. The van der Waals surface area contributed by atoms with E-state index in [1.54, 1.807) is 12.4 Å². The Bertz CT molecular complexity index is 693. The molecule has 0 spiro atoms. The van der Waals surface area contributed by atoms with Crippen molar-refractivity contribution in [2.24, 2.45) is 0 Å². The lowest BCUT2D eigenvalue weighted by Crippen LogP contribution is -2.45. The van der Waals surface area contributed by atoms with Crippen molar-refractivity contribution in [2.75, 3.05) is 31.1 Å². The van der Waals surface area contributed by atoms with Gasteiger partial charge in [0.05, 0.1) is 12.4 Å². The van der Waals surface area contributed by atoms with Crippen LogP contribution in [0.1, 0.15) is 34.8 Å². The molecule has 0 aromatic carbocycles. The van der Waals surface area contributed by atoms with Gasteiger partial charge >= 0.3 is 0 Å². The standard InChI is InChI=1S/C17H19N5O/c23-17(21-7-1-2-8-21)15-9-19-10-16(20-15)22-11-14(12-22)13-3-5-18-6-4-13/h3-6,9-10,14H,1-2,7-8,11-12H2. The summed E-state index contributed by atoms with van der Waals surface area (Å²) in [5.74, 6) is 1.29. The van der Waals surface area contributed by atoms with Crippen molar-refractivity contribution >= 4 is 11.7 Å². The summed E-state index contributed by atoms with van der Waals surface area (Å²) in [5.41, 5.74) is 1.75. The van der Waals surface area contributed by atoms with E-state index in [-0.39, 0.29) is 5.91 Å². The highest BCUT2D eigenvalue weighted by Gasteiger charge is 2.30. The molecule has 6 heteroatoms. The summed E-state index contributed by atoms with van der Waals surface area (Å²) < 4.78 is 0. The van der Waals surface area contributed by atoms with Gasteiger partial charge in [-0.1, -0.05) is 0 Å². The summed E-state index contributed by atoms with van der Waals surface area (Å²) in [6, 6.07) is 4.11. The second-order valence-corrected chi connectivity index (χ2v) is 6.14. The summed E-state index contributed by atoms with van der Waals surface area (Å²) in [6.45, 7) is 3.47. The van der Waals surface area contributed by atoms with Crippen molar-refractivity contribution in [1.29, 1.82) is 0 Å². The van der Waals surface area contributed by atoms with Crippen molar-refractivity contribution in [3.63, 3.8) is 0 Å². The van der Waals surface area contributed by atoms with Crippen molar-refractivity contribution in [1.82, 2.24) is 19.9 Å². The number of carbonyl (C=O) groups is 1. The molecule has 0 unspecified atom stereocenters. The van der Waals surface area contributed by atoms with Gasteiger partial charge in [-0.2, -0.15) is 0 Å². The third-order valence-electron chi connectivity index (χ3n) is 4.62. The van der Waals surface area contributed by atoms with Crippen LogP contribution in [-0.4, -0.2) is 51.9 Å². The van der Waals surface area contributed by atoms with Crippen LogP contribution in [0.25, 0.3) is 0 Å². The minimum Gasteiger partial charge on any atom is -0.354 e. The third kappa shape index (κ3) is 2.76. The van der Waals surface area contributed by atoms with E-state index in [0.29, 0.717) is 11.6 Å². The zero-order valence-corrected chi connectivity index (χ0v) is 12.9. The Labute approximate surface area is 135 Å². The molecule has 4 rings (SSSR count). The van der Waals surface area contributed by atoms with E-state index < -0.39 is 0 Å². The summed E-state index contributed by atoms with van der Waals surface area (Å²) >= 11 is 0. The molecule has 4 heterocycles. The first kappa shape index (κ1) is 14.1. The summed E-state index contributed by atoms with van der Waals surface area (Å²) in [4.78, 5) is 29.2. The van der Waals surface area contributed by atoms with Gasteiger partial charge in [0.2, 0.25) is 0 Å². The SMILES string of the molecule is O=C(c1cncc(N2CC(c3ccncc3)C2)n1)N1CCCC1. The number of likely N-dealkylation sites (tertiary alicyclic amines) is 1. The van der Waals surface area contributed by atoms with Gasteiger partial charge in [-0.15, -0.1) is 0 Å². The molecule has 0 radical (unpaired) electrons. The Kier molecular flexibility index (Phi) is 3.65. The Morgan fingerprint density at radius 1 is 1.04 bits per heavy atom. The van der Waals surface area contributed by atoms with Crippen LogP contribution >= 0.6 is 0 Å². The molecule has 2 saturated heterocycles. The van der Waals surface area contributed by atoms with Crippen LogP contribution in [0.3, 0.4) is 0 Å². The largest absolute Gasteiger partial charge is 0.354 e. The van der Waals surface area contributed by atoms with Crippen LogP contribution in [0.15, 0.2) is 36.9 Å². The van der Waals surface area contributed by atoms with Crippen LogP contribution in [0.4, 0.5) is 5.82 Å². The Hall–Kier alpha value is -2.50. The predicted molar refractivity (Wildman–Crippen MR) is 86.4 cm³/mol. The van der Waals surface area contributed by atoms with E-state index in [1.807, 2.05) is 17.3 Å². The molecule has 2 aliphatic heterocycles. The smallest absolute Gasteiger partial charge is 0.274 e. The van der Waals surface area contributed by atoms with Crippen molar-refractivity contribution in [2.45, 2.75) is 18.8 Å². The molecule has 118 valence electrons. The molecular formula is C17H19N5O. The molecular weight excluding hydrogens is 290 g/mol. The molecule has 0 bridgehead atoms. The number of pyridine rings is 1. The molecule has 1 amide bonds. The molecule has 2 aromatic rings. The van der Waals surface area contributed by atoms with Gasteiger partial charge in [-0.3, -0.25) is 14.8 Å². The first-order chi connectivity index (χ1) is 11.3. The molecule has 23 heavy (non-hydrogen) atoms. The highest BCUT2D eigenvalue weighted by atomic mass is 16.2. The number of carbonyl (C=O) groups excluding carboxylic acids is 1. The van der Waals surface area contributed by atoms with Gasteiger partial charge in [0, 0.05) is 44.5 Å². The maximum atomic E-state index is 12.4. The van der Waals surface area contributed by atoms with Crippen LogP contribution in [0.5, 0.6) is 0 Å². The maximum Gasteiger partial charge on any atom is 0.274 e. The molecule has 0 saturated carbocycles. The first-order valence-corrected chi connectivity index (χ1v) is 8.07. The van der Waals surface area contributed by atoms with E-state index in [4.69, 9.17) is 0 Å². The molecule has 2 fully saturated rings. The summed E-state index contributed by atoms with van der Waals surface area (Å²) in [7, 11) is 0. The number of hydrogen-bond acceptors (Lipinski definition) is 5. The first-order valence-electron chi connectivity index (χ1n) is 8.07. The lowest BCUT2D eigenvalue weighted by Gasteiger charge is -2.40. The number of amides is 1. The average Bonchev–Trinajstić information content (AvgIpc) is 3.09. The second-order valence-electron chi connectivity index (χ2n) is 6.14. The van der Waals surface area contributed by atoms with Gasteiger partial charge < -0.3 is 9.80 Å². The second kappa shape index (κ2) is 5.95. The lowest BCUT2D eigenvalue weighted by molar-refractivity contribution is 0.0786. The minimum absolute atomic E-state index is 0.00283. The van der Waals surface area contributed by atoms with Gasteiger partial charge in [0.1, 0.15) is 11.5 Å². The zero-order valence-electron chi connectivity index (χ0n) is 12.9. The third-order valence-corrected chi connectivity index (χ3v) is 4.62. The zero-order chi connectivity index (χ0) is 15.6. The fourth-order valence-electron chi connectivity index (χ4n) is 3.21. The monoisotopic (exact) mass is 309 g/mol. The van der Waals surface area contributed by atoms with Crippen molar-refractivity contribution in [3.05, 3.63) is 48.2 Å². The van der Waals surface area contributed by atoms with Crippen molar-refractivity contribution < 1.29 is 4.79 Å². The van der Waals surface area contributed by atoms with E-state index in [1.165, 1.54) is 5.56 Å². The highest BCUT2D eigenvalue weighted by molar-refractivity contribution is 5.92. The summed E-state index contributed by atoms with van der Waals surface area (Å²) in [5, 5.41) is 0. The van der Waals surface area contributed by atoms with Gasteiger partial charge in [-0.05, 0) is 30.5 Å². The minimum atomic E-state index is 0.00283. The van der Waals surface area contributed by atoms with E-state index in [9.17, 15) is 4.79 Å². The molecule has 2 aromatic heterocycles. The number of nitrogens with zero attached hydrogens (tertiary/aromatic N) is 5. The molecule has 2 aliphatic rings. The average molecular weight is 309 g/mol. The van der Waals surface area contributed by atoms with E-state index in [0.717, 1.165) is 44.8 Å². The molecule has 0 aliphatic carbocycles. The Morgan fingerprint density at radius 2 is 1.78 bits per heavy atom. The number of rotatable bonds is 3. The quantitative estimate of drug-likeness (QED) is 0.864. The Balaban J connectivity index is 1.44. The lowest BCUT2D eigenvalue weighted by atomic mass is 9.92.